The van der Waals surface area contributed by atoms with Crippen molar-refractivity contribution < 1.29 is 14.3 Å². The molecule has 1 saturated heterocycles. The molecule has 1 fully saturated rings. The molecule has 0 aromatic heterocycles. The highest BCUT2D eigenvalue weighted by atomic mass is 16.5. The molecule has 4 nitrogen and oxygen atoms in total. The fourth-order valence-electron chi connectivity index (χ4n) is 4.14. The maximum Gasteiger partial charge on any atom is 0.235 e. The first-order chi connectivity index (χ1) is 14.1. The van der Waals surface area contributed by atoms with Gasteiger partial charge in [-0.25, -0.2) is 0 Å². The van der Waals surface area contributed by atoms with Crippen LogP contribution in [0.2, 0.25) is 0 Å². The van der Waals surface area contributed by atoms with E-state index in [9.17, 15) is 4.79 Å². The van der Waals surface area contributed by atoms with Gasteiger partial charge in [0.25, 0.3) is 0 Å². The number of anilines is 1. The number of ether oxygens (including phenoxy) is 2. The summed E-state index contributed by atoms with van der Waals surface area (Å²) in [4.78, 5) is 13.6. The van der Waals surface area contributed by atoms with Crippen LogP contribution in [0.15, 0.2) is 60.7 Å². The minimum Gasteiger partial charge on any atom is -0.493 e. The topological polar surface area (TPSA) is 47.6 Å². The van der Waals surface area contributed by atoms with Crippen LogP contribution in [-0.2, 0) is 14.9 Å². The Bertz CT molecular complexity index is 1000. The predicted octanol–water partition coefficient (Wildman–Crippen LogP) is 5.23. The van der Waals surface area contributed by atoms with Crippen molar-refractivity contribution in [2.45, 2.75) is 32.1 Å². The van der Waals surface area contributed by atoms with E-state index in [2.05, 4.69) is 36.5 Å². The van der Waals surface area contributed by atoms with Crippen LogP contribution in [0.5, 0.6) is 5.75 Å². The summed E-state index contributed by atoms with van der Waals surface area (Å²) in [5.41, 5.74) is 2.48. The van der Waals surface area contributed by atoms with Crippen molar-refractivity contribution in [1.29, 1.82) is 0 Å². The summed E-state index contributed by atoms with van der Waals surface area (Å²) in [7, 11) is 0. The lowest BCUT2D eigenvalue weighted by Gasteiger charge is -2.36. The van der Waals surface area contributed by atoms with Crippen molar-refractivity contribution in [3.63, 3.8) is 0 Å². The van der Waals surface area contributed by atoms with Crippen molar-refractivity contribution in [2.75, 3.05) is 25.1 Å². The van der Waals surface area contributed by atoms with Crippen LogP contribution in [0.25, 0.3) is 10.8 Å². The third-order valence-corrected chi connectivity index (χ3v) is 5.82. The highest BCUT2D eigenvalue weighted by molar-refractivity contribution is 6.07. The molecule has 150 valence electrons. The molecule has 0 bridgehead atoms. The molecule has 0 radical (unpaired) electrons. The Morgan fingerprint density at radius 1 is 1.00 bits per heavy atom. The molecule has 4 rings (SSSR count). The van der Waals surface area contributed by atoms with Gasteiger partial charge in [-0.3, -0.25) is 4.79 Å². The summed E-state index contributed by atoms with van der Waals surface area (Å²) >= 11 is 0. The van der Waals surface area contributed by atoms with Gasteiger partial charge in [-0.1, -0.05) is 54.1 Å². The van der Waals surface area contributed by atoms with Crippen molar-refractivity contribution in [3.05, 3.63) is 71.8 Å². The Morgan fingerprint density at radius 3 is 2.38 bits per heavy atom. The van der Waals surface area contributed by atoms with Gasteiger partial charge in [0, 0.05) is 29.7 Å². The van der Waals surface area contributed by atoms with Gasteiger partial charge in [-0.15, -0.1) is 0 Å². The first kappa shape index (κ1) is 19.5. The molecule has 4 heteroatoms. The van der Waals surface area contributed by atoms with E-state index in [4.69, 9.17) is 9.47 Å². The molecule has 1 N–H and O–H groups in total. The van der Waals surface area contributed by atoms with Gasteiger partial charge in [-0.05, 0) is 44.4 Å². The van der Waals surface area contributed by atoms with Crippen molar-refractivity contribution in [1.82, 2.24) is 0 Å². The second-order valence-electron chi connectivity index (χ2n) is 7.60. The number of rotatable bonds is 5. The summed E-state index contributed by atoms with van der Waals surface area (Å²) in [6, 6.07) is 20.2. The standard InChI is InChI=1S/C25H27NO3/c1-3-29-23-13-12-22(20-6-4-5-7-21(20)23)26-24(27)25(14-16-28-17-15-25)19-10-8-18(2)9-11-19/h4-13H,3,14-17H2,1-2H3,(H,26,27). The number of fused-ring (bicyclic) bond motifs is 1. The van der Waals surface area contributed by atoms with E-state index in [1.165, 1.54) is 5.56 Å². The number of amides is 1. The highest BCUT2D eigenvalue weighted by Gasteiger charge is 2.41. The molecule has 29 heavy (non-hydrogen) atoms. The quantitative estimate of drug-likeness (QED) is 0.650. The average Bonchev–Trinajstić information content (AvgIpc) is 2.76. The Labute approximate surface area is 171 Å². The van der Waals surface area contributed by atoms with Gasteiger partial charge < -0.3 is 14.8 Å². The Hall–Kier alpha value is -2.85. The van der Waals surface area contributed by atoms with Gasteiger partial charge in [0.05, 0.1) is 12.0 Å². The second-order valence-corrected chi connectivity index (χ2v) is 7.60. The van der Waals surface area contributed by atoms with E-state index in [0.717, 1.165) is 27.8 Å². The summed E-state index contributed by atoms with van der Waals surface area (Å²) in [5.74, 6) is 0.861. The van der Waals surface area contributed by atoms with E-state index < -0.39 is 5.41 Å². The lowest BCUT2D eigenvalue weighted by atomic mass is 9.73. The van der Waals surface area contributed by atoms with Crippen LogP contribution in [-0.4, -0.2) is 25.7 Å². The number of hydrogen-bond donors (Lipinski definition) is 1. The minimum atomic E-state index is -0.578. The third kappa shape index (κ3) is 3.73. The molecule has 1 amide bonds. The maximum absolute atomic E-state index is 13.6. The zero-order valence-corrected chi connectivity index (χ0v) is 17.0. The molecular weight excluding hydrogens is 362 g/mol. The zero-order chi connectivity index (χ0) is 20.3. The van der Waals surface area contributed by atoms with E-state index in [-0.39, 0.29) is 5.91 Å². The molecule has 0 spiro atoms. The smallest absolute Gasteiger partial charge is 0.235 e. The van der Waals surface area contributed by atoms with Crippen LogP contribution < -0.4 is 10.1 Å². The van der Waals surface area contributed by atoms with Crippen molar-refractivity contribution in [2.24, 2.45) is 0 Å². The van der Waals surface area contributed by atoms with Gasteiger partial charge in [0.15, 0.2) is 0 Å². The van der Waals surface area contributed by atoms with Gasteiger partial charge >= 0.3 is 0 Å². The number of benzene rings is 3. The summed E-state index contributed by atoms with van der Waals surface area (Å²) in [5, 5.41) is 5.22. The molecule has 0 atom stereocenters. The Morgan fingerprint density at radius 2 is 1.69 bits per heavy atom. The summed E-state index contributed by atoms with van der Waals surface area (Å²) in [6.07, 6.45) is 1.35. The second kappa shape index (κ2) is 8.26. The monoisotopic (exact) mass is 389 g/mol. The fourth-order valence-corrected chi connectivity index (χ4v) is 4.14. The number of carbonyl (C=O) groups is 1. The zero-order valence-electron chi connectivity index (χ0n) is 17.0. The molecule has 3 aromatic rings. The number of nitrogens with one attached hydrogen (secondary N) is 1. The number of aryl methyl sites for hydroxylation is 1. The Balaban J connectivity index is 1.72. The van der Waals surface area contributed by atoms with Crippen LogP contribution in [0, 0.1) is 6.92 Å². The van der Waals surface area contributed by atoms with Gasteiger partial charge in [0.1, 0.15) is 5.75 Å². The van der Waals surface area contributed by atoms with E-state index in [0.29, 0.717) is 32.7 Å². The minimum absolute atomic E-state index is 0.0268. The van der Waals surface area contributed by atoms with E-state index >= 15 is 0 Å². The first-order valence-corrected chi connectivity index (χ1v) is 10.2. The molecule has 1 heterocycles. The van der Waals surface area contributed by atoms with Crippen LogP contribution in [0.1, 0.15) is 30.9 Å². The van der Waals surface area contributed by atoms with Crippen LogP contribution >= 0.6 is 0 Å². The van der Waals surface area contributed by atoms with Gasteiger partial charge in [-0.2, -0.15) is 0 Å². The van der Waals surface area contributed by atoms with E-state index in [1.807, 2.05) is 43.3 Å². The largest absolute Gasteiger partial charge is 0.493 e. The third-order valence-electron chi connectivity index (χ3n) is 5.82. The van der Waals surface area contributed by atoms with Gasteiger partial charge in [0.2, 0.25) is 5.91 Å². The summed E-state index contributed by atoms with van der Waals surface area (Å²) in [6.45, 7) is 5.82. The lowest BCUT2D eigenvalue weighted by molar-refractivity contribution is -0.125. The molecule has 0 unspecified atom stereocenters. The van der Waals surface area contributed by atoms with Crippen molar-refractivity contribution >= 4 is 22.4 Å². The van der Waals surface area contributed by atoms with Crippen molar-refractivity contribution in [3.8, 4) is 5.75 Å². The molecular formula is C25H27NO3. The SMILES string of the molecule is CCOc1ccc(NC(=O)C2(c3ccc(C)cc3)CCOCC2)c2ccccc12. The van der Waals surface area contributed by atoms with Crippen LogP contribution in [0.3, 0.4) is 0 Å². The summed E-state index contributed by atoms with van der Waals surface area (Å²) < 4.78 is 11.4. The number of hydrogen-bond acceptors (Lipinski definition) is 3. The molecule has 1 aliphatic heterocycles. The van der Waals surface area contributed by atoms with E-state index in [1.54, 1.807) is 0 Å². The maximum atomic E-state index is 13.6. The number of carbonyl (C=O) groups excluding carboxylic acids is 1. The fraction of sp³-hybridized carbons (Fsp3) is 0.320. The van der Waals surface area contributed by atoms with Crippen LogP contribution in [0.4, 0.5) is 5.69 Å². The lowest BCUT2D eigenvalue weighted by Crippen LogP contribution is -2.44. The first-order valence-electron chi connectivity index (χ1n) is 10.2. The molecule has 0 saturated carbocycles. The molecule has 3 aromatic carbocycles. The molecule has 1 aliphatic rings. The Kier molecular flexibility index (Phi) is 5.54. The molecule has 0 aliphatic carbocycles. The predicted molar refractivity (Wildman–Crippen MR) is 117 cm³/mol. The average molecular weight is 389 g/mol. The normalized spacial score (nSPS) is 15.8. The highest BCUT2D eigenvalue weighted by Crippen LogP contribution is 2.38.